The number of nitrogens with one attached hydrogen (secondary N) is 1. The molecular formula is C16H22ClN3O2. The average Bonchev–Trinajstić information content (AvgIpc) is 2.48. The highest BCUT2D eigenvalue weighted by molar-refractivity contribution is 6.30. The first-order chi connectivity index (χ1) is 10.5. The molecule has 2 rings (SSSR count). The molecule has 22 heavy (non-hydrogen) atoms. The predicted molar refractivity (Wildman–Crippen MR) is 86.7 cm³/mol. The van der Waals surface area contributed by atoms with Gasteiger partial charge in [-0.25, -0.2) is 0 Å². The van der Waals surface area contributed by atoms with E-state index in [2.05, 4.69) is 10.2 Å². The molecule has 0 bridgehead atoms. The molecule has 0 saturated carbocycles. The third-order valence-electron chi connectivity index (χ3n) is 3.93. The lowest BCUT2D eigenvalue weighted by molar-refractivity contribution is -0.131. The summed E-state index contributed by atoms with van der Waals surface area (Å²) in [5.74, 6) is 0.0965. The molecule has 1 aliphatic rings. The number of piperazine rings is 1. The Hall–Kier alpha value is -1.59. The zero-order valence-corrected chi connectivity index (χ0v) is 13.8. The summed E-state index contributed by atoms with van der Waals surface area (Å²) in [6, 6.07) is 7.42. The van der Waals surface area contributed by atoms with Crippen LogP contribution in [0.3, 0.4) is 0 Å². The SMILES string of the molecule is CC(=O)N1CCN(CC(=O)N[C@@H](C)c2ccc(Cl)cc2)CC1. The maximum Gasteiger partial charge on any atom is 0.234 e. The number of hydrogen-bond acceptors (Lipinski definition) is 3. The van der Waals surface area contributed by atoms with Crippen LogP contribution in [0, 0.1) is 0 Å². The molecule has 2 amide bonds. The van der Waals surface area contributed by atoms with E-state index in [0.717, 1.165) is 18.7 Å². The summed E-state index contributed by atoms with van der Waals surface area (Å²) < 4.78 is 0. The zero-order chi connectivity index (χ0) is 16.1. The van der Waals surface area contributed by atoms with Gasteiger partial charge in [0.2, 0.25) is 11.8 Å². The zero-order valence-electron chi connectivity index (χ0n) is 13.0. The summed E-state index contributed by atoms with van der Waals surface area (Å²) in [7, 11) is 0. The number of carbonyl (C=O) groups excluding carboxylic acids is 2. The predicted octanol–water partition coefficient (Wildman–Crippen LogP) is 1.68. The number of hydrogen-bond donors (Lipinski definition) is 1. The van der Waals surface area contributed by atoms with Gasteiger partial charge in [0.15, 0.2) is 0 Å². The molecule has 0 unspecified atom stereocenters. The van der Waals surface area contributed by atoms with Crippen LogP contribution in [0.4, 0.5) is 0 Å². The number of carbonyl (C=O) groups is 2. The molecule has 1 heterocycles. The second-order valence-corrected chi connectivity index (χ2v) is 6.06. The normalized spacial score (nSPS) is 17.1. The fraction of sp³-hybridized carbons (Fsp3) is 0.500. The van der Waals surface area contributed by atoms with Crippen molar-refractivity contribution in [2.24, 2.45) is 0 Å². The van der Waals surface area contributed by atoms with Gasteiger partial charge in [-0.05, 0) is 24.6 Å². The van der Waals surface area contributed by atoms with Crippen LogP contribution in [0.5, 0.6) is 0 Å². The van der Waals surface area contributed by atoms with Gasteiger partial charge in [-0.3, -0.25) is 14.5 Å². The van der Waals surface area contributed by atoms with Crippen molar-refractivity contribution in [2.45, 2.75) is 19.9 Å². The minimum Gasteiger partial charge on any atom is -0.348 e. The summed E-state index contributed by atoms with van der Waals surface area (Å²) in [5.41, 5.74) is 1.03. The summed E-state index contributed by atoms with van der Waals surface area (Å²) in [4.78, 5) is 27.3. The lowest BCUT2D eigenvalue weighted by Crippen LogP contribution is -2.50. The molecule has 6 heteroatoms. The van der Waals surface area contributed by atoms with Crippen LogP contribution in [0.2, 0.25) is 5.02 Å². The van der Waals surface area contributed by atoms with Crippen molar-refractivity contribution in [3.05, 3.63) is 34.9 Å². The molecule has 1 aromatic rings. The van der Waals surface area contributed by atoms with E-state index in [1.54, 1.807) is 6.92 Å². The number of benzene rings is 1. The largest absolute Gasteiger partial charge is 0.348 e. The van der Waals surface area contributed by atoms with Gasteiger partial charge in [-0.15, -0.1) is 0 Å². The Labute approximate surface area is 136 Å². The quantitative estimate of drug-likeness (QED) is 0.917. The third kappa shape index (κ3) is 4.71. The molecular weight excluding hydrogens is 302 g/mol. The number of nitrogens with zero attached hydrogens (tertiary/aromatic N) is 2. The Balaban J connectivity index is 1.78. The van der Waals surface area contributed by atoms with Gasteiger partial charge in [0.05, 0.1) is 12.6 Å². The van der Waals surface area contributed by atoms with Crippen LogP contribution in [0.25, 0.3) is 0 Å². The van der Waals surface area contributed by atoms with Crippen molar-refractivity contribution >= 4 is 23.4 Å². The van der Waals surface area contributed by atoms with Crippen molar-refractivity contribution in [2.75, 3.05) is 32.7 Å². The fourth-order valence-electron chi connectivity index (χ4n) is 2.55. The van der Waals surface area contributed by atoms with Crippen LogP contribution in [0.15, 0.2) is 24.3 Å². The van der Waals surface area contributed by atoms with Gasteiger partial charge in [0, 0.05) is 38.1 Å². The summed E-state index contributed by atoms with van der Waals surface area (Å²) in [6.07, 6.45) is 0. The van der Waals surface area contributed by atoms with Crippen LogP contribution in [0.1, 0.15) is 25.5 Å². The molecule has 0 spiro atoms. The first-order valence-electron chi connectivity index (χ1n) is 7.48. The summed E-state index contributed by atoms with van der Waals surface area (Å²) in [6.45, 7) is 6.75. The highest BCUT2D eigenvalue weighted by atomic mass is 35.5. The van der Waals surface area contributed by atoms with Gasteiger partial charge in [0.1, 0.15) is 0 Å². The Morgan fingerprint density at radius 1 is 1.18 bits per heavy atom. The molecule has 0 aromatic heterocycles. The van der Waals surface area contributed by atoms with Crippen LogP contribution < -0.4 is 5.32 Å². The molecule has 1 N–H and O–H groups in total. The Morgan fingerprint density at radius 3 is 2.32 bits per heavy atom. The molecule has 1 aromatic carbocycles. The van der Waals surface area contributed by atoms with Crippen molar-refractivity contribution in [3.63, 3.8) is 0 Å². The van der Waals surface area contributed by atoms with E-state index in [0.29, 0.717) is 24.7 Å². The number of halogens is 1. The minimum atomic E-state index is -0.0525. The number of amides is 2. The van der Waals surface area contributed by atoms with Gasteiger partial charge in [-0.2, -0.15) is 0 Å². The minimum absolute atomic E-state index is 0.00118. The lowest BCUT2D eigenvalue weighted by atomic mass is 10.1. The standard InChI is InChI=1S/C16H22ClN3O2/c1-12(14-3-5-15(17)6-4-14)18-16(22)11-19-7-9-20(10-8-19)13(2)21/h3-6,12H,7-11H2,1-2H3,(H,18,22)/t12-/m0/s1. The van der Waals surface area contributed by atoms with E-state index >= 15 is 0 Å². The Kier molecular flexibility index (Phi) is 5.80. The molecule has 1 aliphatic heterocycles. The molecule has 5 nitrogen and oxygen atoms in total. The number of rotatable bonds is 4. The lowest BCUT2D eigenvalue weighted by Gasteiger charge is -2.33. The molecule has 0 aliphatic carbocycles. The maximum atomic E-state index is 12.1. The highest BCUT2D eigenvalue weighted by Gasteiger charge is 2.20. The Bertz CT molecular complexity index is 525. The second-order valence-electron chi connectivity index (χ2n) is 5.62. The molecule has 1 atom stereocenters. The topological polar surface area (TPSA) is 52.7 Å². The highest BCUT2D eigenvalue weighted by Crippen LogP contribution is 2.16. The van der Waals surface area contributed by atoms with E-state index in [1.807, 2.05) is 36.1 Å². The van der Waals surface area contributed by atoms with E-state index in [-0.39, 0.29) is 17.9 Å². The summed E-state index contributed by atoms with van der Waals surface area (Å²) >= 11 is 5.86. The van der Waals surface area contributed by atoms with Crippen molar-refractivity contribution in [1.82, 2.24) is 15.1 Å². The van der Waals surface area contributed by atoms with Gasteiger partial charge >= 0.3 is 0 Å². The van der Waals surface area contributed by atoms with E-state index in [1.165, 1.54) is 0 Å². The van der Waals surface area contributed by atoms with Crippen LogP contribution in [-0.2, 0) is 9.59 Å². The van der Waals surface area contributed by atoms with Crippen molar-refractivity contribution < 1.29 is 9.59 Å². The first-order valence-corrected chi connectivity index (χ1v) is 7.86. The van der Waals surface area contributed by atoms with Crippen LogP contribution >= 0.6 is 11.6 Å². The first kappa shape index (κ1) is 16.8. The van der Waals surface area contributed by atoms with Gasteiger partial charge < -0.3 is 10.2 Å². The fourth-order valence-corrected chi connectivity index (χ4v) is 2.67. The molecule has 120 valence electrons. The Morgan fingerprint density at radius 2 is 1.77 bits per heavy atom. The van der Waals surface area contributed by atoms with E-state index < -0.39 is 0 Å². The van der Waals surface area contributed by atoms with E-state index in [4.69, 9.17) is 11.6 Å². The van der Waals surface area contributed by atoms with E-state index in [9.17, 15) is 9.59 Å². The second kappa shape index (κ2) is 7.61. The molecule has 1 fully saturated rings. The summed E-state index contributed by atoms with van der Waals surface area (Å²) in [5, 5.41) is 3.68. The average molecular weight is 324 g/mol. The molecule has 0 radical (unpaired) electrons. The third-order valence-corrected chi connectivity index (χ3v) is 4.18. The monoisotopic (exact) mass is 323 g/mol. The van der Waals surface area contributed by atoms with Gasteiger partial charge in [0.25, 0.3) is 0 Å². The van der Waals surface area contributed by atoms with Crippen molar-refractivity contribution in [1.29, 1.82) is 0 Å². The van der Waals surface area contributed by atoms with Gasteiger partial charge in [-0.1, -0.05) is 23.7 Å². The molecule has 1 saturated heterocycles. The maximum absolute atomic E-state index is 12.1. The van der Waals surface area contributed by atoms with Crippen molar-refractivity contribution in [3.8, 4) is 0 Å². The van der Waals surface area contributed by atoms with Crippen LogP contribution in [-0.4, -0.2) is 54.3 Å². The smallest absolute Gasteiger partial charge is 0.234 e.